The largest absolute Gasteiger partial charge is 0.392 e. The summed E-state index contributed by atoms with van der Waals surface area (Å²) in [6.07, 6.45) is 7.45. The quantitative estimate of drug-likeness (QED) is 0.369. The smallest absolute Gasteiger partial charge is 0.219 e. The molecule has 0 unspecified atom stereocenters. The SMILES string of the molecule is CC(C)(Cc1cnc(N)nc1)c1ccc2nc(-c3cc(CO)ccc3-n3cncn3)[nH]c2c1. The van der Waals surface area contributed by atoms with Crippen LogP contribution in [0.3, 0.4) is 0 Å². The molecule has 9 nitrogen and oxygen atoms in total. The number of nitrogens with one attached hydrogen (secondary N) is 1. The average Bonchev–Trinajstić information content (AvgIpc) is 3.49. The van der Waals surface area contributed by atoms with Crippen LogP contribution in [-0.4, -0.2) is 39.8 Å². The molecular weight excluding hydrogens is 416 g/mol. The number of anilines is 1. The fraction of sp³-hybridized carbons (Fsp3) is 0.208. The fourth-order valence-electron chi connectivity index (χ4n) is 4.03. The lowest BCUT2D eigenvalue weighted by atomic mass is 9.79. The van der Waals surface area contributed by atoms with Gasteiger partial charge in [-0.15, -0.1) is 0 Å². The summed E-state index contributed by atoms with van der Waals surface area (Å²) in [5.74, 6) is 0.978. The van der Waals surface area contributed by atoms with Crippen molar-refractivity contribution >= 4 is 17.0 Å². The monoisotopic (exact) mass is 440 g/mol. The molecule has 0 fully saturated rings. The minimum Gasteiger partial charge on any atom is -0.392 e. The van der Waals surface area contributed by atoms with E-state index in [4.69, 9.17) is 10.7 Å². The molecule has 0 aliphatic heterocycles. The summed E-state index contributed by atoms with van der Waals surface area (Å²) < 4.78 is 1.69. The molecule has 4 N–H and O–H groups in total. The molecule has 3 aromatic heterocycles. The lowest BCUT2D eigenvalue weighted by molar-refractivity contribution is 0.282. The molecule has 3 heterocycles. The zero-order valence-corrected chi connectivity index (χ0v) is 18.4. The van der Waals surface area contributed by atoms with Gasteiger partial charge in [-0.05, 0) is 52.8 Å². The normalized spacial score (nSPS) is 11.8. The first-order valence-corrected chi connectivity index (χ1v) is 10.6. The van der Waals surface area contributed by atoms with Crippen molar-refractivity contribution in [1.82, 2.24) is 34.7 Å². The number of nitrogen functional groups attached to an aromatic ring is 1. The van der Waals surface area contributed by atoms with Crippen molar-refractivity contribution in [2.45, 2.75) is 32.3 Å². The Labute approximate surface area is 190 Å². The van der Waals surface area contributed by atoms with Crippen molar-refractivity contribution < 1.29 is 5.11 Å². The predicted molar refractivity (Wildman–Crippen MR) is 126 cm³/mol. The average molecular weight is 441 g/mol. The predicted octanol–water partition coefficient (Wildman–Crippen LogP) is 3.20. The molecule has 0 radical (unpaired) electrons. The molecule has 166 valence electrons. The van der Waals surface area contributed by atoms with Gasteiger partial charge >= 0.3 is 0 Å². The molecule has 0 atom stereocenters. The number of H-pyrrole nitrogens is 1. The van der Waals surface area contributed by atoms with Crippen LogP contribution < -0.4 is 5.73 Å². The van der Waals surface area contributed by atoms with Crippen LogP contribution in [-0.2, 0) is 18.4 Å². The molecule has 9 heteroatoms. The number of benzene rings is 2. The van der Waals surface area contributed by atoms with Crippen LogP contribution in [0.15, 0.2) is 61.4 Å². The van der Waals surface area contributed by atoms with Gasteiger partial charge in [-0.2, -0.15) is 5.10 Å². The highest BCUT2D eigenvalue weighted by Gasteiger charge is 2.23. The summed E-state index contributed by atoms with van der Waals surface area (Å²) in [6, 6.07) is 12.0. The summed E-state index contributed by atoms with van der Waals surface area (Å²) in [5.41, 5.74) is 11.9. The van der Waals surface area contributed by atoms with Crippen LogP contribution in [0.25, 0.3) is 28.1 Å². The number of rotatable bonds is 6. The lowest BCUT2D eigenvalue weighted by Crippen LogP contribution is -2.20. The lowest BCUT2D eigenvalue weighted by Gasteiger charge is -2.25. The van der Waals surface area contributed by atoms with Crippen LogP contribution in [0.4, 0.5) is 5.95 Å². The second-order valence-electron chi connectivity index (χ2n) is 8.68. The maximum absolute atomic E-state index is 9.65. The summed E-state index contributed by atoms with van der Waals surface area (Å²) in [7, 11) is 0. The van der Waals surface area contributed by atoms with E-state index in [0.717, 1.165) is 39.8 Å². The van der Waals surface area contributed by atoms with Crippen molar-refractivity contribution in [2.75, 3.05) is 5.73 Å². The molecular formula is C24H24N8O. The van der Waals surface area contributed by atoms with Crippen molar-refractivity contribution in [1.29, 1.82) is 0 Å². The maximum Gasteiger partial charge on any atom is 0.219 e. The second-order valence-corrected chi connectivity index (χ2v) is 8.68. The number of nitrogens with two attached hydrogens (primary N) is 1. The number of fused-ring (bicyclic) bond motifs is 1. The van der Waals surface area contributed by atoms with Gasteiger partial charge in [0.15, 0.2) is 0 Å². The highest BCUT2D eigenvalue weighted by Crippen LogP contribution is 2.32. The van der Waals surface area contributed by atoms with Crippen LogP contribution in [0.5, 0.6) is 0 Å². The van der Waals surface area contributed by atoms with E-state index in [1.165, 1.54) is 11.9 Å². The molecule has 2 aromatic carbocycles. The van der Waals surface area contributed by atoms with E-state index in [2.05, 4.69) is 51.0 Å². The van der Waals surface area contributed by atoms with Gasteiger partial charge in [0, 0.05) is 18.0 Å². The third-order valence-electron chi connectivity index (χ3n) is 5.80. The summed E-state index contributed by atoms with van der Waals surface area (Å²) in [6.45, 7) is 4.32. The number of imidazole rings is 1. The van der Waals surface area contributed by atoms with Gasteiger partial charge in [0.1, 0.15) is 18.5 Å². The Morgan fingerprint density at radius 1 is 1.06 bits per heavy atom. The van der Waals surface area contributed by atoms with E-state index in [1.54, 1.807) is 23.4 Å². The van der Waals surface area contributed by atoms with Crippen LogP contribution in [0.1, 0.15) is 30.5 Å². The molecule has 0 bridgehead atoms. The highest BCUT2D eigenvalue weighted by molar-refractivity contribution is 5.82. The number of aliphatic hydroxyl groups excluding tert-OH is 1. The summed E-state index contributed by atoms with van der Waals surface area (Å²) >= 11 is 0. The molecule has 5 rings (SSSR count). The third-order valence-corrected chi connectivity index (χ3v) is 5.80. The number of aliphatic hydroxyl groups is 1. The first-order valence-electron chi connectivity index (χ1n) is 10.6. The highest BCUT2D eigenvalue weighted by atomic mass is 16.3. The van der Waals surface area contributed by atoms with Crippen molar-refractivity contribution in [3.05, 3.63) is 78.1 Å². The molecule has 0 saturated carbocycles. The molecule has 0 saturated heterocycles. The van der Waals surface area contributed by atoms with Crippen LogP contribution >= 0.6 is 0 Å². The van der Waals surface area contributed by atoms with Gasteiger partial charge in [0.05, 0.1) is 23.3 Å². The van der Waals surface area contributed by atoms with Gasteiger partial charge in [0.2, 0.25) is 5.95 Å². The Morgan fingerprint density at radius 3 is 2.61 bits per heavy atom. The number of hydrogen-bond acceptors (Lipinski definition) is 7. The number of aromatic amines is 1. The molecule has 33 heavy (non-hydrogen) atoms. The van der Waals surface area contributed by atoms with Gasteiger partial charge in [-0.1, -0.05) is 26.0 Å². The number of nitrogens with zero attached hydrogens (tertiary/aromatic N) is 6. The van der Waals surface area contributed by atoms with Gasteiger partial charge in [-0.25, -0.2) is 24.6 Å². The number of aromatic nitrogens is 7. The van der Waals surface area contributed by atoms with Gasteiger partial charge in [-0.3, -0.25) is 0 Å². The topological polar surface area (TPSA) is 131 Å². The van der Waals surface area contributed by atoms with Gasteiger partial charge in [0.25, 0.3) is 0 Å². The minimum atomic E-state index is -0.151. The first-order chi connectivity index (χ1) is 15.9. The standard InChI is InChI=1S/C24H24N8O/c1-24(2,9-16-10-27-23(25)28-11-16)17-4-5-19-20(8-17)31-22(30-19)18-7-15(12-33)3-6-21(18)32-14-26-13-29-32/h3-8,10-11,13-14,33H,9,12H2,1-2H3,(H,30,31)(H2,25,27,28). The zero-order chi connectivity index (χ0) is 23.0. The fourth-order valence-corrected chi connectivity index (χ4v) is 4.03. The summed E-state index contributed by atoms with van der Waals surface area (Å²) in [5, 5.41) is 13.9. The van der Waals surface area contributed by atoms with Crippen molar-refractivity contribution in [3.63, 3.8) is 0 Å². The van der Waals surface area contributed by atoms with Crippen molar-refractivity contribution in [3.8, 4) is 17.1 Å². The number of hydrogen-bond donors (Lipinski definition) is 3. The molecule has 0 spiro atoms. The molecule has 0 amide bonds. The van der Waals surface area contributed by atoms with Crippen molar-refractivity contribution in [2.24, 2.45) is 0 Å². The Hall–Kier alpha value is -4.11. The third kappa shape index (κ3) is 4.06. The second kappa shape index (κ2) is 8.10. The Morgan fingerprint density at radius 2 is 1.88 bits per heavy atom. The molecule has 0 aliphatic carbocycles. The first kappa shape index (κ1) is 20.8. The minimum absolute atomic E-state index is 0.0575. The maximum atomic E-state index is 9.65. The van der Waals surface area contributed by atoms with E-state index in [-0.39, 0.29) is 18.0 Å². The van der Waals surface area contributed by atoms with Gasteiger partial charge < -0.3 is 15.8 Å². The Bertz CT molecular complexity index is 1400. The zero-order valence-electron chi connectivity index (χ0n) is 18.4. The van der Waals surface area contributed by atoms with Crippen LogP contribution in [0.2, 0.25) is 0 Å². The summed E-state index contributed by atoms with van der Waals surface area (Å²) in [4.78, 5) is 20.5. The Balaban J connectivity index is 1.53. The Kier molecular flexibility index (Phi) is 5.10. The van der Waals surface area contributed by atoms with E-state index in [1.807, 2.05) is 24.3 Å². The van der Waals surface area contributed by atoms with E-state index in [0.29, 0.717) is 5.82 Å². The van der Waals surface area contributed by atoms with E-state index in [9.17, 15) is 5.11 Å². The van der Waals surface area contributed by atoms with Crippen LogP contribution in [0, 0.1) is 0 Å². The molecule has 0 aliphatic rings. The van der Waals surface area contributed by atoms with E-state index < -0.39 is 0 Å². The molecule has 5 aromatic rings. The van der Waals surface area contributed by atoms with E-state index >= 15 is 0 Å².